The van der Waals surface area contributed by atoms with E-state index < -0.39 is 54.5 Å². The van der Waals surface area contributed by atoms with Gasteiger partial charge < -0.3 is 66.7 Å². The summed E-state index contributed by atoms with van der Waals surface area (Å²) in [6.45, 7) is 13.0. The lowest BCUT2D eigenvalue weighted by Crippen LogP contribution is -2.39. The van der Waals surface area contributed by atoms with Gasteiger partial charge in [0.15, 0.2) is 35.4 Å². The van der Waals surface area contributed by atoms with E-state index in [1.807, 2.05) is 72.4 Å². The zero-order valence-electron chi connectivity index (χ0n) is 44.0. The molecule has 6 heterocycles. The van der Waals surface area contributed by atoms with E-state index in [0.717, 1.165) is 17.7 Å². The fraction of sp³-hybridized carbons (Fsp3) is 0.538. The highest BCUT2D eigenvalue weighted by Gasteiger charge is 2.46. The molecule has 6 aromatic rings. The number of aliphatic hydroxyl groups is 4. The van der Waals surface area contributed by atoms with Crippen molar-refractivity contribution in [3.05, 3.63) is 84.5 Å². The van der Waals surface area contributed by atoms with Gasteiger partial charge in [0.2, 0.25) is 5.91 Å². The maximum absolute atomic E-state index is 13.0. The summed E-state index contributed by atoms with van der Waals surface area (Å²) in [4.78, 5) is 57.8. The van der Waals surface area contributed by atoms with Gasteiger partial charge in [0.25, 0.3) is 0 Å². The summed E-state index contributed by atoms with van der Waals surface area (Å²) in [5, 5.41) is 50.0. The van der Waals surface area contributed by atoms with Crippen LogP contribution in [0.1, 0.15) is 89.7 Å². The number of imidazole rings is 2. The summed E-state index contributed by atoms with van der Waals surface area (Å²) in [6, 6.07) is 15.3. The first-order valence-corrected chi connectivity index (χ1v) is 25.4. The van der Waals surface area contributed by atoms with Crippen molar-refractivity contribution in [2.45, 2.75) is 127 Å². The lowest BCUT2D eigenvalue weighted by Gasteiger charge is -2.25. The second kappa shape index (κ2) is 22.8. The van der Waals surface area contributed by atoms with Crippen molar-refractivity contribution < 1.29 is 39.5 Å². The van der Waals surface area contributed by atoms with Crippen LogP contribution >= 0.6 is 0 Å². The summed E-state index contributed by atoms with van der Waals surface area (Å²) in [5.74, 6) is 0.723. The molecule has 8 rings (SSSR count). The molecule has 0 bridgehead atoms. The number of anilines is 4. The quantitative estimate of drug-likeness (QED) is 0.0508. The van der Waals surface area contributed by atoms with E-state index in [1.165, 1.54) is 24.5 Å². The van der Waals surface area contributed by atoms with Crippen LogP contribution in [-0.2, 0) is 31.5 Å². The number of nitrogens with one attached hydrogen (secondary N) is 2. The summed E-state index contributed by atoms with van der Waals surface area (Å²) in [6.07, 6.45) is -1.07. The lowest BCUT2D eigenvalue weighted by atomic mass is 9.81. The number of amides is 3. The molecule has 0 aliphatic carbocycles. The van der Waals surface area contributed by atoms with Crippen LogP contribution in [0, 0.1) is 0 Å². The molecule has 0 saturated carbocycles. The van der Waals surface area contributed by atoms with E-state index in [0.29, 0.717) is 92.2 Å². The second-order valence-corrected chi connectivity index (χ2v) is 21.7. The van der Waals surface area contributed by atoms with Gasteiger partial charge in [-0.3, -0.25) is 13.9 Å². The fourth-order valence-corrected chi connectivity index (χ4v) is 9.67. The van der Waals surface area contributed by atoms with E-state index in [4.69, 9.17) is 25.9 Å². The zero-order chi connectivity index (χ0) is 53.9. The molecule has 23 nitrogen and oxygen atoms in total. The number of carbonyl (C=O) groups excluding carboxylic acids is 2. The predicted octanol–water partition coefficient (Wildman–Crippen LogP) is 3.41. The van der Waals surface area contributed by atoms with E-state index in [9.17, 15) is 30.0 Å². The van der Waals surface area contributed by atoms with Gasteiger partial charge in [-0.1, -0.05) is 58.9 Å². The largest absolute Gasteiger partial charge is 0.387 e. The summed E-state index contributed by atoms with van der Waals surface area (Å²) in [7, 11) is 5.55. The van der Waals surface area contributed by atoms with Gasteiger partial charge in [-0.15, -0.1) is 0 Å². The number of aliphatic hydroxyl groups excluding tert-OH is 4. The molecule has 2 aromatic carbocycles. The SMILES string of the molecule is CN(CCCCC(=O)Nc1ccc(C(C)(C)Cc2nc(N)c3ncn([C@@H]4O[C@H](CN(C)CCCN(C)C(=O)Nc5ccc(C(C)(C)C)cc5)[C@@H](O)[C@H]4O)c3n2)cc1)C[C@H]1O[C@@H](n2cnc3c(N)ncnc32)[C@H](O)[C@@H]1O. The molecule has 10 N–H and O–H groups in total. The van der Waals surface area contributed by atoms with Crippen molar-refractivity contribution in [1.82, 2.24) is 53.7 Å². The van der Waals surface area contributed by atoms with Gasteiger partial charge in [0, 0.05) is 50.9 Å². The monoisotopic (exact) mass is 1040 g/mol. The van der Waals surface area contributed by atoms with Crippen LogP contribution in [0.4, 0.5) is 27.8 Å². The molecule has 2 saturated heterocycles. The number of hydrogen-bond donors (Lipinski definition) is 8. The molecule has 2 fully saturated rings. The first-order valence-electron chi connectivity index (χ1n) is 25.4. The molecule has 8 atom stereocenters. The summed E-state index contributed by atoms with van der Waals surface area (Å²) < 4.78 is 15.5. The molecule has 0 spiro atoms. The van der Waals surface area contributed by atoms with Gasteiger partial charge in [-0.2, -0.15) is 0 Å². The molecule has 3 amide bonds. The summed E-state index contributed by atoms with van der Waals surface area (Å²) in [5.41, 5.74) is 17.0. The van der Waals surface area contributed by atoms with Crippen molar-refractivity contribution in [1.29, 1.82) is 0 Å². The lowest BCUT2D eigenvalue weighted by molar-refractivity contribution is -0.116. The Labute approximate surface area is 436 Å². The molecule has 2 aliphatic heterocycles. The van der Waals surface area contributed by atoms with Crippen LogP contribution in [0.25, 0.3) is 22.3 Å². The van der Waals surface area contributed by atoms with Gasteiger partial charge in [0.05, 0.1) is 12.7 Å². The number of unbranched alkanes of at least 4 members (excludes halogenated alkanes) is 1. The van der Waals surface area contributed by atoms with Gasteiger partial charge >= 0.3 is 6.03 Å². The number of rotatable bonds is 20. The highest BCUT2D eigenvalue weighted by atomic mass is 16.6. The number of fused-ring (bicyclic) bond motifs is 2. The Morgan fingerprint density at radius 3 is 1.76 bits per heavy atom. The number of carbonyl (C=O) groups is 2. The first kappa shape index (κ1) is 54.8. The molecule has 23 heteroatoms. The number of hydrogen-bond acceptors (Lipinski definition) is 18. The molecule has 0 radical (unpaired) electrons. The zero-order valence-corrected chi connectivity index (χ0v) is 44.0. The number of likely N-dealkylation sites (N-methyl/N-ethyl adjacent to an activating group) is 2. The van der Waals surface area contributed by atoms with Crippen LogP contribution in [0.2, 0.25) is 0 Å². The highest BCUT2D eigenvalue weighted by molar-refractivity contribution is 5.91. The molecular formula is C52H73N15O8. The molecule has 404 valence electrons. The standard InChI is InChI=1S/C52H73N15O8/c1-51(2,3)30-13-17-33(18-14-30)60-50(73)65(8)23-11-22-64(7)26-35-41(70)43(72)49(75-35)67-29-58-39-45(54)61-36(62-47(39)67)24-52(4,5)31-15-19-32(20-16-31)59-37(68)12-9-10-21-63(6)25-34-40(69)42(71)48(74-34)66-28-57-38-44(53)55-27-56-46(38)66/h13-20,27-29,34-35,40-43,48-49,69-72H,9-12,21-26H2,1-8H3,(H,59,68)(H,60,73)(H2,53,55,56)(H2,54,61,62)/t34-,35-,40-,41-,42-,43-,48-,49-/m1/s1. The van der Waals surface area contributed by atoms with Crippen LogP contribution in [0.5, 0.6) is 0 Å². The second-order valence-electron chi connectivity index (χ2n) is 21.7. The predicted molar refractivity (Wildman–Crippen MR) is 283 cm³/mol. The maximum atomic E-state index is 13.0. The van der Waals surface area contributed by atoms with Crippen molar-refractivity contribution >= 4 is 57.3 Å². The van der Waals surface area contributed by atoms with Crippen molar-refractivity contribution in [3.8, 4) is 0 Å². The average Bonchev–Trinajstić information content (AvgIpc) is 4.13. The van der Waals surface area contributed by atoms with E-state index >= 15 is 0 Å². The molecule has 2 aliphatic rings. The van der Waals surface area contributed by atoms with Crippen LogP contribution in [0.15, 0.2) is 67.5 Å². The third-order valence-corrected chi connectivity index (χ3v) is 14.2. The minimum Gasteiger partial charge on any atom is -0.387 e. The third kappa shape index (κ3) is 12.6. The maximum Gasteiger partial charge on any atom is 0.321 e. The molecule has 75 heavy (non-hydrogen) atoms. The number of nitrogen functional groups attached to an aromatic ring is 2. The highest BCUT2D eigenvalue weighted by Crippen LogP contribution is 2.35. The van der Waals surface area contributed by atoms with E-state index in [-0.39, 0.29) is 29.0 Å². The molecule has 4 aromatic heterocycles. The Bertz CT molecular complexity index is 2910. The summed E-state index contributed by atoms with van der Waals surface area (Å²) >= 11 is 0. The Morgan fingerprint density at radius 2 is 1.17 bits per heavy atom. The Kier molecular flexibility index (Phi) is 16.7. The Hall–Kier alpha value is -6.44. The fourth-order valence-electron chi connectivity index (χ4n) is 9.67. The van der Waals surface area contributed by atoms with Crippen molar-refractivity contribution in [2.75, 3.05) is 76.0 Å². The van der Waals surface area contributed by atoms with E-state index in [1.54, 1.807) is 21.1 Å². The Morgan fingerprint density at radius 1 is 0.640 bits per heavy atom. The number of aromatic nitrogens is 8. The van der Waals surface area contributed by atoms with Gasteiger partial charge in [-0.25, -0.2) is 34.7 Å². The topological polar surface area (TPSA) is 307 Å². The number of nitrogens with two attached hydrogens (primary N) is 2. The normalized spacial score (nSPS) is 22.2. The van der Waals surface area contributed by atoms with Gasteiger partial charge in [0.1, 0.15) is 59.8 Å². The average molecular weight is 1040 g/mol. The molecular weight excluding hydrogens is 963 g/mol. The van der Waals surface area contributed by atoms with Gasteiger partial charge in [-0.05, 0) is 92.7 Å². The first-order chi connectivity index (χ1) is 35.6. The minimum absolute atomic E-state index is 0.0204. The number of ether oxygens (including phenoxy) is 2. The minimum atomic E-state index is -1.27. The number of urea groups is 1. The van der Waals surface area contributed by atoms with Crippen LogP contribution in [0.3, 0.4) is 0 Å². The van der Waals surface area contributed by atoms with E-state index in [2.05, 4.69) is 70.2 Å². The van der Waals surface area contributed by atoms with Crippen molar-refractivity contribution in [2.24, 2.45) is 0 Å². The van der Waals surface area contributed by atoms with Crippen molar-refractivity contribution in [3.63, 3.8) is 0 Å². The number of nitrogens with zero attached hydrogens (tertiary/aromatic N) is 11. The number of benzene rings is 2. The Balaban J connectivity index is 0.777. The van der Waals surface area contributed by atoms with Crippen LogP contribution in [-0.4, -0.2) is 177 Å². The third-order valence-electron chi connectivity index (χ3n) is 14.2. The molecule has 0 unspecified atom stereocenters. The van der Waals surface area contributed by atoms with Crippen LogP contribution < -0.4 is 22.1 Å². The smallest absolute Gasteiger partial charge is 0.321 e.